The van der Waals surface area contributed by atoms with Crippen LogP contribution in [0.2, 0.25) is 5.02 Å². The first-order chi connectivity index (χ1) is 15.5. The topological polar surface area (TPSA) is 50.3 Å². The molecule has 1 aliphatic rings. The van der Waals surface area contributed by atoms with Crippen molar-refractivity contribution in [3.63, 3.8) is 0 Å². The lowest BCUT2D eigenvalue weighted by Gasteiger charge is -2.13. The molecule has 0 unspecified atom stereocenters. The van der Waals surface area contributed by atoms with E-state index in [0.29, 0.717) is 29.4 Å². The van der Waals surface area contributed by atoms with E-state index in [0.717, 1.165) is 44.9 Å². The smallest absolute Gasteiger partial charge is 0.156 e. The number of benzene rings is 2. The van der Waals surface area contributed by atoms with Crippen LogP contribution < -0.4 is 4.74 Å². The molecule has 5 rings (SSSR count). The molecule has 0 fully saturated rings. The Bertz CT molecular complexity index is 1460. The lowest BCUT2D eigenvalue weighted by molar-refractivity contribution is 0.305. The number of allylic oxidation sites excluding steroid dienone is 1. The molecule has 1 aliphatic heterocycles. The molecule has 158 valence electrons. The van der Waals surface area contributed by atoms with Crippen LogP contribution in [0.4, 0.5) is 4.39 Å². The first-order valence-corrected chi connectivity index (χ1v) is 10.6. The van der Waals surface area contributed by atoms with E-state index in [1.165, 1.54) is 12.1 Å². The van der Waals surface area contributed by atoms with Crippen molar-refractivity contribution >= 4 is 22.8 Å². The number of pyridine rings is 1. The molecule has 2 aromatic heterocycles. The minimum Gasteiger partial charge on any atom is -0.488 e. The zero-order valence-corrected chi connectivity index (χ0v) is 18.4. The van der Waals surface area contributed by atoms with E-state index in [-0.39, 0.29) is 5.82 Å². The maximum atomic E-state index is 13.9. The Kier molecular flexibility index (Phi) is 4.96. The number of hydrogen-bond donors (Lipinski definition) is 0. The summed E-state index contributed by atoms with van der Waals surface area (Å²) in [6, 6.07) is 16.6. The van der Waals surface area contributed by atoms with Gasteiger partial charge in [0.15, 0.2) is 5.65 Å². The highest BCUT2D eigenvalue weighted by molar-refractivity contribution is 6.33. The van der Waals surface area contributed by atoms with Gasteiger partial charge in [0.05, 0.1) is 16.8 Å². The number of fused-ring (bicyclic) bond motifs is 3. The van der Waals surface area contributed by atoms with Crippen LogP contribution in [-0.4, -0.2) is 9.38 Å². The number of halogens is 2. The summed E-state index contributed by atoms with van der Waals surface area (Å²) in [5.74, 6) is 0.0747. The third-order valence-electron chi connectivity index (χ3n) is 5.85. The van der Waals surface area contributed by atoms with Gasteiger partial charge in [-0.25, -0.2) is 9.37 Å². The van der Waals surface area contributed by atoms with Crippen molar-refractivity contribution in [2.24, 2.45) is 0 Å². The molecule has 0 radical (unpaired) electrons. The predicted molar refractivity (Wildman–Crippen MR) is 122 cm³/mol. The monoisotopic (exact) mass is 443 g/mol. The Balaban J connectivity index is 1.61. The van der Waals surface area contributed by atoms with Crippen molar-refractivity contribution in [1.29, 1.82) is 5.26 Å². The average molecular weight is 444 g/mol. The zero-order chi connectivity index (χ0) is 22.4. The molecule has 6 heteroatoms. The minimum atomic E-state index is -0.369. The first kappa shape index (κ1) is 20.3. The Labute approximate surface area is 190 Å². The number of ether oxygens (including phenoxy) is 1. The fourth-order valence-corrected chi connectivity index (χ4v) is 4.51. The van der Waals surface area contributed by atoms with Crippen molar-refractivity contribution in [1.82, 2.24) is 9.38 Å². The van der Waals surface area contributed by atoms with Crippen LogP contribution in [0.25, 0.3) is 11.2 Å². The normalized spacial score (nSPS) is 14.2. The SMILES string of the molecule is C/C(C#N)=C1\c2ccc(Cc3c(C)nc4c(Cl)cccn34)cc2COc2cc(F)ccc21. The van der Waals surface area contributed by atoms with Crippen molar-refractivity contribution < 1.29 is 9.13 Å². The molecule has 0 bridgehead atoms. The summed E-state index contributed by atoms with van der Waals surface area (Å²) >= 11 is 6.32. The molecule has 0 spiro atoms. The second-order valence-corrected chi connectivity index (χ2v) is 8.31. The van der Waals surface area contributed by atoms with Gasteiger partial charge in [0.2, 0.25) is 0 Å². The van der Waals surface area contributed by atoms with Gasteiger partial charge in [-0.3, -0.25) is 0 Å². The summed E-state index contributed by atoms with van der Waals surface area (Å²) in [4.78, 5) is 4.62. The van der Waals surface area contributed by atoms with Crippen LogP contribution in [0.1, 0.15) is 40.6 Å². The number of nitrogens with zero attached hydrogens (tertiary/aromatic N) is 3. The molecule has 0 saturated heterocycles. The van der Waals surface area contributed by atoms with Gasteiger partial charge in [-0.05, 0) is 54.8 Å². The number of aromatic nitrogens is 2. The molecule has 32 heavy (non-hydrogen) atoms. The highest BCUT2D eigenvalue weighted by atomic mass is 35.5. The van der Waals surface area contributed by atoms with Gasteiger partial charge < -0.3 is 9.14 Å². The second-order valence-electron chi connectivity index (χ2n) is 7.90. The molecule has 0 N–H and O–H groups in total. The summed E-state index contributed by atoms with van der Waals surface area (Å²) in [6.07, 6.45) is 2.63. The van der Waals surface area contributed by atoms with Crippen molar-refractivity contribution in [2.75, 3.05) is 0 Å². The first-order valence-electron chi connectivity index (χ1n) is 10.2. The van der Waals surface area contributed by atoms with E-state index in [1.54, 1.807) is 13.0 Å². The van der Waals surface area contributed by atoms with E-state index >= 15 is 0 Å². The van der Waals surface area contributed by atoms with Gasteiger partial charge in [-0.1, -0.05) is 29.8 Å². The minimum absolute atomic E-state index is 0.291. The molecular formula is C26H19ClFN3O. The number of hydrogen-bond acceptors (Lipinski definition) is 3. The van der Waals surface area contributed by atoms with Crippen LogP contribution in [0.3, 0.4) is 0 Å². The quantitative estimate of drug-likeness (QED) is 0.343. The largest absolute Gasteiger partial charge is 0.488 e. The Hall–Kier alpha value is -3.62. The van der Waals surface area contributed by atoms with E-state index in [4.69, 9.17) is 16.3 Å². The Morgan fingerprint density at radius 1 is 1.22 bits per heavy atom. The number of rotatable bonds is 2. The summed E-state index contributed by atoms with van der Waals surface area (Å²) in [5.41, 5.74) is 7.76. The second kappa shape index (κ2) is 7.81. The molecule has 4 nitrogen and oxygen atoms in total. The highest BCUT2D eigenvalue weighted by Crippen LogP contribution is 2.39. The molecule has 0 amide bonds. The standard InChI is InChI=1S/C26H19ClFN3O/c1-15(13-29)25-20-7-5-17(10-18(20)14-32-24-12-19(28)6-8-21(24)25)11-23-16(2)30-26-22(27)4-3-9-31(23)26/h3-10,12H,11,14H2,1-2H3/b25-15-. The van der Waals surface area contributed by atoms with Crippen molar-refractivity contribution in [3.05, 3.63) is 105 Å². The van der Waals surface area contributed by atoms with Gasteiger partial charge in [-0.2, -0.15) is 5.26 Å². The van der Waals surface area contributed by atoms with E-state index < -0.39 is 0 Å². The number of imidazole rings is 1. The van der Waals surface area contributed by atoms with Crippen LogP contribution >= 0.6 is 11.6 Å². The van der Waals surface area contributed by atoms with Crippen LogP contribution in [0.15, 0.2) is 60.3 Å². The van der Waals surface area contributed by atoms with Crippen molar-refractivity contribution in [2.45, 2.75) is 26.9 Å². The van der Waals surface area contributed by atoms with Crippen LogP contribution in [-0.2, 0) is 13.0 Å². The molecule has 2 aromatic carbocycles. The summed E-state index contributed by atoms with van der Waals surface area (Å²) in [6.45, 7) is 4.05. The van der Waals surface area contributed by atoms with Gasteiger partial charge in [-0.15, -0.1) is 0 Å². The Morgan fingerprint density at radius 2 is 2.03 bits per heavy atom. The van der Waals surface area contributed by atoms with E-state index in [2.05, 4.69) is 23.2 Å². The van der Waals surface area contributed by atoms with Gasteiger partial charge in [0, 0.05) is 41.1 Å². The fourth-order valence-electron chi connectivity index (χ4n) is 4.31. The lowest BCUT2D eigenvalue weighted by atomic mass is 9.89. The van der Waals surface area contributed by atoms with E-state index in [1.807, 2.05) is 35.7 Å². The average Bonchev–Trinajstić information content (AvgIpc) is 3.01. The number of nitriles is 1. The highest BCUT2D eigenvalue weighted by Gasteiger charge is 2.22. The summed E-state index contributed by atoms with van der Waals surface area (Å²) < 4.78 is 21.8. The van der Waals surface area contributed by atoms with E-state index in [9.17, 15) is 9.65 Å². The molecule has 3 heterocycles. The maximum Gasteiger partial charge on any atom is 0.156 e. The lowest BCUT2D eigenvalue weighted by Crippen LogP contribution is -2.01. The zero-order valence-electron chi connectivity index (χ0n) is 17.6. The number of aryl methyl sites for hydroxylation is 1. The molecule has 0 aliphatic carbocycles. The predicted octanol–water partition coefficient (Wildman–Crippen LogP) is 6.26. The summed E-state index contributed by atoms with van der Waals surface area (Å²) in [7, 11) is 0. The molecule has 0 saturated carbocycles. The van der Waals surface area contributed by atoms with Crippen LogP contribution in [0, 0.1) is 24.1 Å². The van der Waals surface area contributed by atoms with Gasteiger partial charge >= 0.3 is 0 Å². The maximum absolute atomic E-state index is 13.9. The molecule has 0 atom stereocenters. The molecule has 4 aromatic rings. The Morgan fingerprint density at radius 3 is 2.84 bits per heavy atom. The third kappa shape index (κ3) is 3.34. The van der Waals surface area contributed by atoms with Crippen molar-refractivity contribution in [3.8, 4) is 11.8 Å². The van der Waals surface area contributed by atoms with Gasteiger partial charge in [0.25, 0.3) is 0 Å². The summed E-state index contributed by atoms with van der Waals surface area (Å²) in [5, 5.41) is 10.2. The third-order valence-corrected chi connectivity index (χ3v) is 6.15. The molecular weight excluding hydrogens is 425 g/mol. The van der Waals surface area contributed by atoms with Gasteiger partial charge in [0.1, 0.15) is 18.2 Å². The van der Waals surface area contributed by atoms with Crippen LogP contribution in [0.5, 0.6) is 5.75 Å². The fraction of sp³-hybridized carbons (Fsp3) is 0.154.